The molecule has 3 heterocycles. The summed E-state index contributed by atoms with van der Waals surface area (Å²) in [5.41, 5.74) is 3.47. The lowest BCUT2D eigenvalue weighted by Crippen LogP contribution is -2.46. The van der Waals surface area contributed by atoms with E-state index in [-0.39, 0.29) is 12.1 Å². The monoisotopic (exact) mass is 443 g/mol. The molecule has 6 nitrogen and oxygen atoms in total. The topological polar surface area (TPSA) is 53.5 Å². The summed E-state index contributed by atoms with van der Waals surface area (Å²) in [5, 5.41) is 3.51. The van der Waals surface area contributed by atoms with Crippen LogP contribution in [0.4, 0.5) is 23.3 Å². The number of piperidine rings is 1. The van der Waals surface area contributed by atoms with Crippen molar-refractivity contribution in [2.75, 3.05) is 41.4 Å². The summed E-state index contributed by atoms with van der Waals surface area (Å²) in [7, 11) is 0. The third-order valence-electron chi connectivity index (χ3n) is 6.65. The maximum atomic E-state index is 6.19. The second-order valence-corrected chi connectivity index (χ2v) is 9.09. The molecule has 1 aromatic heterocycles. The summed E-state index contributed by atoms with van der Waals surface area (Å²) in [6.07, 6.45) is 3.71. The first-order valence-corrected chi connectivity index (χ1v) is 12.1. The van der Waals surface area contributed by atoms with Crippen LogP contribution in [0.15, 0.2) is 60.7 Å². The number of rotatable bonds is 5. The van der Waals surface area contributed by atoms with Gasteiger partial charge >= 0.3 is 0 Å². The molecule has 172 valence electrons. The van der Waals surface area contributed by atoms with Crippen LogP contribution in [0.25, 0.3) is 0 Å². The van der Waals surface area contributed by atoms with Gasteiger partial charge in [-0.2, -0.15) is 9.97 Å². The smallest absolute Gasteiger partial charge is 0.229 e. The lowest BCUT2D eigenvalue weighted by molar-refractivity contribution is 0.0139. The fraction of sp³-hybridized carbons (Fsp3) is 0.407. The summed E-state index contributed by atoms with van der Waals surface area (Å²) < 4.78 is 6.19. The SMILES string of the molecule is Cc1ccc(Nc2cc(N3CCCCC3)nc(N3CCO[C@@H](c4ccccc4)[C@H]3C)n2)cc1. The van der Waals surface area contributed by atoms with Gasteiger partial charge in [-0.05, 0) is 50.8 Å². The van der Waals surface area contributed by atoms with Crippen molar-refractivity contribution in [2.24, 2.45) is 0 Å². The Morgan fingerprint density at radius 1 is 0.909 bits per heavy atom. The summed E-state index contributed by atoms with van der Waals surface area (Å²) in [6, 6.07) is 21.1. The molecule has 5 rings (SSSR count). The van der Waals surface area contributed by atoms with Crippen LogP contribution < -0.4 is 15.1 Å². The van der Waals surface area contributed by atoms with Crippen molar-refractivity contribution >= 4 is 23.3 Å². The zero-order valence-corrected chi connectivity index (χ0v) is 19.6. The minimum absolute atomic E-state index is 0.00398. The number of aryl methyl sites for hydroxylation is 1. The number of benzene rings is 2. The number of morpholine rings is 1. The van der Waals surface area contributed by atoms with E-state index in [1.807, 2.05) is 6.07 Å². The summed E-state index contributed by atoms with van der Waals surface area (Å²) in [5.74, 6) is 2.60. The normalized spacial score (nSPS) is 21.2. The van der Waals surface area contributed by atoms with Crippen molar-refractivity contribution in [1.29, 1.82) is 0 Å². The van der Waals surface area contributed by atoms with Gasteiger partial charge in [0, 0.05) is 31.4 Å². The second-order valence-electron chi connectivity index (χ2n) is 9.09. The molecule has 33 heavy (non-hydrogen) atoms. The quantitative estimate of drug-likeness (QED) is 0.563. The second kappa shape index (κ2) is 9.79. The van der Waals surface area contributed by atoms with E-state index in [4.69, 9.17) is 14.7 Å². The van der Waals surface area contributed by atoms with Gasteiger partial charge < -0.3 is 19.9 Å². The Hall–Kier alpha value is -3.12. The van der Waals surface area contributed by atoms with Crippen molar-refractivity contribution < 1.29 is 4.74 Å². The zero-order valence-electron chi connectivity index (χ0n) is 19.6. The van der Waals surface area contributed by atoms with Crippen LogP contribution in [-0.4, -0.2) is 42.3 Å². The Morgan fingerprint density at radius 2 is 1.67 bits per heavy atom. The van der Waals surface area contributed by atoms with Crippen LogP contribution in [0.2, 0.25) is 0 Å². The van der Waals surface area contributed by atoms with E-state index >= 15 is 0 Å². The number of hydrogen-bond acceptors (Lipinski definition) is 6. The standard InChI is InChI=1S/C27H33N5O/c1-20-11-13-23(14-12-20)28-24-19-25(31-15-7-4-8-16-31)30-27(29-24)32-17-18-33-26(21(32)2)22-9-5-3-6-10-22/h3,5-6,9-14,19,21,26H,4,7-8,15-18H2,1-2H3,(H,28,29,30)/t21-,26-/m1/s1. The molecule has 3 aromatic rings. The van der Waals surface area contributed by atoms with Gasteiger partial charge in [0.05, 0.1) is 12.6 Å². The van der Waals surface area contributed by atoms with Crippen molar-refractivity contribution in [3.8, 4) is 0 Å². The van der Waals surface area contributed by atoms with Gasteiger partial charge in [-0.25, -0.2) is 0 Å². The van der Waals surface area contributed by atoms with Crippen molar-refractivity contribution in [1.82, 2.24) is 9.97 Å². The molecular formula is C27H33N5O. The Balaban J connectivity index is 1.47. The van der Waals surface area contributed by atoms with Gasteiger partial charge in [-0.3, -0.25) is 0 Å². The maximum Gasteiger partial charge on any atom is 0.229 e. The van der Waals surface area contributed by atoms with Crippen LogP contribution >= 0.6 is 0 Å². The molecule has 2 aromatic carbocycles. The number of aromatic nitrogens is 2. The first-order valence-electron chi connectivity index (χ1n) is 12.1. The molecule has 6 heteroatoms. The van der Waals surface area contributed by atoms with Gasteiger partial charge in [0.1, 0.15) is 17.7 Å². The number of anilines is 4. The van der Waals surface area contributed by atoms with Crippen LogP contribution in [-0.2, 0) is 4.74 Å². The van der Waals surface area contributed by atoms with Crippen LogP contribution in [0, 0.1) is 6.92 Å². The molecule has 0 radical (unpaired) electrons. The van der Waals surface area contributed by atoms with E-state index in [1.165, 1.54) is 30.4 Å². The van der Waals surface area contributed by atoms with Crippen molar-refractivity contribution in [3.05, 3.63) is 71.8 Å². The predicted molar refractivity (Wildman–Crippen MR) is 135 cm³/mol. The van der Waals surface area contributed by atoms with Gasteiger partial charge in [0.25, 0.3) is 0 Å². The lowest BCUT2D eigenvalue weighted by atomic mass is 10.0. The van der Waals surface area contributed by atoms with Crippen LogP contribution in [0.3, 0.4) is 0 Å². The fourth-order valence-corrected chi connectivity index (χ4v) is 4.77. The van der Waals surface area contributed by atoms with Crippen LogP contribution in [0.5, 0.6) is 0 Å². The third kappa shape index (κ3) is 4.96. The van der Waals surface area contributed by atoms with Gasteiger partial charge in [0.2, 0.25) is 5.95 Å². The molecule has 0 bridgehead atoms. The summed E-state index contributed by atoms with van der Waals surface area (Å²) in [6.45, 7) is 7.84. The average Bonchev–Trinajstić information content (AvgIpc) is 2.86. The molecule has 0 saturated carbocycles. The Kier molecular flexibility index (Phi) is 6.44. The van der Waals surface area contributed by atoms with Gasteiger partial charge in [-0.1, -0.05) is 48.0 Å². The summed E-state index contributed by atoms with van der Waals surface area (Å²) in [4.78, 5) is 14.7. The molecule has 2 aliphatic rings. The molecule has 0 unspecified atom stereocenters. The van der Waals surface area contributed by atoms with Crippen LogP contribution in [0.1, 0.15) is 43.4 Å². The minimum atomic E-state index is -0.00398. The first-order chi connectivity index (χ1) is 16.2. The number of nitrogens with one attached hydrogen (secondary N) is 1. The first kappa shape index (κ1) is 21.7. The number of nitrogens with zero attached hydrogens (tertiary/aromatic N) is 4. The number of hydrogen-bond donors (Lipinski definition) is 1. The largest absolute Gasteiger partial charge is 0.370 e. The van der Waals surface area contributed by atoms with Crippen molar-refractivity contribution in [2.45, 2.75) is 45.3 Å². The molecule has 2 atom stereocenters. The molecule has 2 fully saturated rings. The third-order valence-corrected chi connectivity index (χ3v) is 6.65. The molecule has 0 aliphatic carbocycles. The van der Waals surface area contributed by atoms with E-state index in [2.05, 4.69) is 83.6 Å². The highest BCUT2D eigenvalue weighted by Gasteiger charge is 2.32. The Bertz CT molecular complexity index is 1050. The molecule has 2 aliphatic heterocycles. The van der Waals surface area contributed by atoms with Gasteiger partial charge in [0.15, 0.2) is 0 Å². The lowest BCUT2D eigenvalue weighted by Gasteiger charge is -2.40. The van der Waals surface area contributed by atoms with Gasteiger partial charge in [-0.15, -0.1) is 0 Å². The molecule has 1 N–H and O–H groups in total. The highest BCUT2D eigenvalue weighted by atomic mass is 16.5. The summed E-state index contributed by atoms with van der Waals surface area (Å²) >= 11 is 0. The molecular weight excluding hydrogens is 410 g/mol. The van der Waals surface area contributed by atoms with E-state index in [9.17, 15) is 0 Å². The van der Waals surface area contributed by atoms with E-state index in [0.717, 1.165) is 42.9 Å². The Labute approximate surface area is 196 Å². The number of ether oxygens (including phenoxy) is 1. The minimum Gasteiger partial charge on any atom is -0.370 e. The van der Waals surface area contributed by atoms with E-state index < -0.39 is 0 Å². The zero-order chi connectivity index (χ0) is 22.6. The molecule has 2 saturated heterocycles. The van der Waals surface area contributed by atoms with E-state index in [0.29, 0.717) is 6.61 Å². The molecule has 0 amide bonds. The Morgan fingerprint density at radius 3 is 2.42 bits per heavy atom. The highest BCUT2D eigenvalue weighted by molar-refractivity contribution is 5.62. The fourth-order valence-electron chi connectivity index (χ4n) is 4.77. The average molecular weight is 444 g/mol. The predicted octanol–water partition coefficient (Wildman–Crippen LogP) is 5.49. The van der Waals surface area contributed by atoms with Crippen molar-refractivity contribution in [3.63, 3.8) is 0 Å². The van der Waals surface area contributed by atoms with E-state index in [1.54, 1.807) is 0 Å². The highest BCUT2D eigenvalue weighted by Crippen LogP contribution is 2.32. The molecule has 0 spiro atoms. The maximum absolute atomic E-state index is 6.19.